The molecule has 31 heavy (non-hydrogen) atoms. The number of benzene rings is 2. The molecule has 1 atom stereocenters. The molecule has 1 unspecified atom stereocenters. The third kappa shape index (κ3) is 4.61. The lowest BCUT2D eigenvalue weighted by molar-refractivity contribution is -0.117. The van der Waals surface area contributed by atoms with E-state index >= 15 is 0 Å². The minimum atomic E-state index is -0.318. The number of hydrogen-bond donors (Lipinski definition) is 2. The van der Waals surface area contributed by atoms with Gasteiger partial charge in [0, 0.05) is 42.7 Å². The Hall–Kier alpha value is -3.59. The molecule has 3 amide bonds. The Bertz CT molecular complexity index is 1140. The van der Waals surface area contributed by atoms with Gasteiger partial charge in [-0.1, -0.05) is 29.5 Å². The van der Waals surface area contributed by atoms with E-state index in [-0.39, 0.29) is 23.6 Å². The van der Waals surface area contributed by atoms with Gasteiger partial charge < -0.3 is 10.2 Å². The Morgan fingerprint density at radius 2 is 1.81 bits per heavy atom. The third-order valence-electron chi connectivity index (χ3n) is 5.01. The fraction of sp³-hybridized carbons (Fsp3) is 0.227. The van der Waals surface area contributed by atoms with Gasteiger partial charge in [-0.05, 0) is 42.8 Å². The topological polar surface area (TPSA) is 104 Å². The zero-order valence-corrected chi connectivity index (χ0v) is 17.9. The van der Waals surface area contributed by atoms with Gasteiger partial charge in [0.15, 0.2) is 0 Å². The van der Waals surface area contributed by atoms with E-state index in [0.717, 1.165) is 16.3 Å². The van der Waals surface area contributed by atoms with Crippen LogP contribution in [-0.4, -0.2) is 34.5 Å². The SMILES string of the molecule is CC(=O)Nc1ccc(C(=O)Nc2nnc(C3CC(=O)N(c4ccccc4C)C3)s2)cc1. The van der Waals surface area contributed by atoms with Gasteiger partial charge in [0.25, 0.3) is 5.91 Å². The molecule has 1 saturated heterocycles. The Labute approximate surface area is 183 Å². The standard InChI is InChI=1S/C22H21N5O3S/c1-13-5-3-4-6-18(13)27-12-16(11-19(27)29)21-25-26-22(31-21)24-20(30)15-7-9-17(10-8-15)23-14(2)28/h3-10,16H,11-12H2,1-2H3,(H,23,28)(H,24,26,30). The summed E-state index contributed by atoms with van der Waals surface area (Å²) >= 11 is 1.28. The third-order valence-corrected chi connectivity index (χ3v) is 6.01. The molecule has 4 rings (SSSR count). The predicted molar refractivity (Wildman–Crippen MR) is 119 cm³/mol. The normalized spacial score (nSPS) is 15.7. The van der Waals surface area contributed by atoms with Crippen molar-refractivity contribution in [3.63, 3.8) is 0 Å². The summed E-state index contributed by atoms with van der Waals surface area (Å²) in [7, 11) is 0. The first-order valence-electron chi connectivity index (χ1n) is 9.79. The molecule has 1 aromatic heterocycles. The highest BCUT2D eigenvalue weighted by Gasteiger charge is 2.34. The van der Waals surface area contributed by atoms with Crippen LogP contribution in [0, 0.1) is 6.92 Å². The number of carbonyl (C=O) groups is 3. The van der Waals surface area contributed by atoms with E-state index < -0.39 is 0 Å². The number of hydrogen-bond acceptors (Lipinski definition) is 6. The Morgan fingerprint density at radius 3 is 2.52 bits per heavy atom. The highest BCUT2D eigenvalue weighted by molar-refractivity contribution is 7.15. The fourth-order valence-electron chi connectivity index (χ4n) is 3.50. The van der Waals surface area contributed by atoms with E-state index in [2.05, 4.69) is 20.8 Å². The van der Waals surface area contributed by atoms with Gasteiger partial charge in [0.1, 0.15) is 5.01 Å². The van der Waals surface area contributed by atoms with Crippen LogP contribution in [0.25, 0.3) is 0 Å². The van der Waals surface area contributed by atoms with Crippen LogP contribution in [0.5, 0.6) is 0 Å². The zero-order chi connectivity index (χ0) is 22.0. The molecule has 9 heteroatoms. The summed E-state index contributed by atoms with van der Waals surface area (Å²) in [5.74, 6) is -0.502. The summed E-state index contributed by atoms with van der Waals surface area (Å²) in [6, 6.07) is 14.4. The molecule has 1 aliphatic heterocycles. The number of amides is 3. The molecule has 0 aliphatic carbocycles. The molecule has 2 aromatic carbocycles. The molecule has 0 bridgehead atoms. The second-order valence-electron chi connectivity index (χ2n) is 7.35. The molecule has 8 nitrogen and oxygen atoms in total. The summed E-state index contributed by atoms with van der Waals surface area (Å²) in [5, 5.41) is 14.8. The van der Waals surface area contributed by atoms with E-state index in [0.29, 0.717) is 29.3 Å². The maximum atomic E-state index is 12.6. The molecule has 2 N–H and O–H groups in total. The van der Waals surface area contributed by atoms with Gasteiger partial charge in [-0.3, -0.25) is 19.7 Å². The van der Waals surface area contributed by atoms with E-state index in [1.807, 2.05) is 31.2 Å². The maximum Gasteiger partial charge on any atom is 0.257 e. The van der Waals surface area contributed by atoms with Crippen molar-refractivity contribution in [1.82, 2.24) is 10.2 Å². The molecule has 1 fully saturated rings. The molecule has 158 valence electrons. The van der Waals surface area contributed by atoms with Crippen molar-refractivity contribution >= 4 is 45.6 Å². The van der Waals surface area contributed by atoms with Crippen LogP contribution >= 0.6 is 11.3 Å². The number of nitrogens with one attached hydrogen (secondary N) is 2. The zero-order valence-electron chi connectivity index (χ0n) is 17.1. The van der Waals surface area contributed by atoms with E-state index in [1.165, 1.54) is 18.3 Å². The van der Waals surface area contributed by atoms with Gasteiger partial charge >= 0.3 is 0 Å². The van der Waals surface area contributed by atoms with Gasteiger partial charge in [-0.15, -0.1) is 10.2 Å². The lowest BCUT2D eigenvalue weighted by atomic mass is 10.1. The van der Waals surface area contributed by atoms with Crippen LogP contribution in [0.4, 0.5) is 16.5 Å². The second-order valence-corrected chi connectivity index (χ2v) is 8.36. The van der Waals surface area contributed by atoms with Crippen molar-refractivity contribution < 1.29 is 14.4 Å². The first-order chi connectivity index (χ1) is 14.9. The lowest BCUT2D eigenvalue weighted by Gasteiger charge is -2.18. The van der Waals surface area contributed by atoms with Crippen molar-refractivity contribution in [2.24, 2.45) is 0 Å². The summed E-state index contributed by atoms with van der Waals surface area (Å²) in [6.07, 6.45) is 0.363. The Balaban J connectivity index is 1.41. The van der Waals surface area contributed by atoms with Crippen LogP contribution < -0.4 is 15.5 Å². The van der Waals surface area contributed by atoms with E-state index in [4.69, 9.17) is 0 Å². The minimum Gasteiger partial charge on any atom is -0.326 e. The summed E-state index contributed by atoms with van der Waals surface area (Å²) in [6.45, 7) is 3.94. The molecule has 2 heterocycles. The van der Waals surface area contributed by atoms with Gasteiger partial charge in [-0.2, -0.15) is 0 Å². The molecular formula is C22H21N5O3S. The average molecular weight is 436 g/mol. The number of para-hydroxylation sites is 1. The number of anilines is 3. The molecule has 1 aliphatic rings. The summed E-state index contributed by atoms with van der Waals surface area (Å²) in [5.41, 5.74) is 3.01. The first kappa shape index (κ1) is 20.7. The first-order valence-corrected chi connectivity index (χ1v) is 10.6. The van der Waals surface area contributed by atoms with Crippen molar-refractivity contribution in [3.8, 4) is 0 Å². The summed E-state index contributed by atoms with van der Waals surface area (Å²) < 4.78 is 0. The Kier molecular flexibility index (Phi) is 5.77. The maximum absolute atomic E-state index is 12.6. The van der Waals surface area contributed by atoms with Crippen molar-refractivity contribution in [2.75, 3.05) is 22.1 Å². The second kappa shape index (κ2) is 8.65. The summed E-state index contributed by atoms with van der Waals surface area (Å²) in [4.78, 5) is 37.9. The highest BCUT2D eigenvalue weighted by Crippen LogP contribution is 2.35. The molecule has 3 aromatic rings. The van der Waals surface area contributed by atoms with Gasteiger partial charge in [0.05, 0.1) is 0 Å². The predicted octanol–water partition coefficient (Wildman–Crippen LogP) is 3.58. The lowest BCUT2D eigenvalue weighted by Crippen LogP contribution is -2.25. The van der Waals surface area contributed by atoms with Crippen LogP contribution in [0.1, 0.15) is 40.2 Å². The van der Waals surface area contributed by atoms with Crippen molar-refractivity contribution in [3.05, 3.63) is 64.7 Å². The quantitative estimate of drug-likeness (QED) is 0.637. The largest absolute Gasteiger partial charge is 0.326 e. The number of aromatic nitrogens is 2. The monoisotopic (exact) mass is 435 g/mol. The Morgan fingerprint density at radius 1 is 1.06 bits per heavy atom. The van der Waals surface area contributed by atoms with Crippen LogP contribution in [0.3, 0.4) is 0 Å². The number of carbonyl (C=O) groups excluding carboxylic acids is 3. The molecule has 0 radical (unpaired) electrons. The molecule has 0 saturated carbocycles. The van der Waals surface area contributed by atoms with E-state index in [9.17, 15) is 14.4 Å². The van der Waals surface area contributed by atoms with Crippen LogP contribution in [0.2, 0.25) is 0 Å². The van der Waals surface area contributed by atoms with Gasteiger partial charge in [0.2, 0.25) is 16.9 Å². The smallest absolute Gasteiger partial charge is 0.257 e. The van der Waals surface area contributed by atoms with Gasteiger partial charge in [-0.25, -0.2) is 0 Å². The number of aryl methyl sites for hydroxylation is 1. The number of nitrogens with zero attached hydrogens (tertiary/aromatic N) is 3. The van der Waals surface area contributed by atoms with Crippen molar-refractivity contribution in [2.45, 2.75) is 26.2 Å². The van der Waals surface area contributed by atoms with Crippen LogP contribution in [0.15, 0.2) is 48.5 Å². The van der Waals surface area contributed by atoms with E-state index in [1.54, 1.807) is 29.2 Å². The minimum absolute atomic E-state index is 0.0549. The number of rotatable bonds is 5. The fourth-order valence-corrected chi connectivity index (χ4v) is 4.33. The van der Waals surface area contributed by atoms with Crippen LogP contribution in [-0.2, 0) is 9.59 Å². The average Bonchev–Trinajstić information content (AvgIpc) is 3.35. The van der Waals surface area contributed by atoms with Crippen molar-refractivity contribution in [1.29, 1.82) is 0 Å². The highest BCUT2D eigenvalue weighted by atomic mass is 32.1. The molecular weight excluding hydrogens is 414 g/mol. The molecule has 0 spiro atoms.